The van der Waals surface area contributed by atoms with Crippen LogP contribution in [0.2, 0.25) is 0 Å². The van der Waals surface area contributed by atoms with Crippen LogP contribution in [0.15, 0.2) is 22.7 Å². The van der Waals surface area contributed by atoms with E-state index in [-0.39, 0.29) is 24.6 Å². The summed E-state index contributed by atoms with van der Waals surface area (Å²) < 4.78 is 19.4. The molecule has 0 radical (unpaired) electrons. The van der Waals surface area contributed by atoms with Gasteiger partial charge in [0.1, 0.15) is 11.9 Å². The number of nitrogens with zero attached hydrogens (tertiary/aromatic N) is 1. The van der Waals surface area contributed by atoms with Crippen LogP contribution in [0, 0.1) is 5.82 Å². The third-order valence-corrected chi connectivity index (χ3v) is 3.43. The Labute approximate surface area is 118 Å². The molecule has 1 heterocycles. The summed E-state index contributed by atoms with van der Waals surface area (Å²) >= 11 is 3.15. The Morgan fingerprint density at radius 2 is 2.32 bits per heavy atom. The molecular weight excluding hydrogens is 317 g/mol. The van der Waals surface area contributed by atoms with Gasteiger partial charge in [0.05, 0.1) is 12.3 Å². The molecule has 0 aromatic heterocycles. The van der Waals surface area contributed by atoms with Crippen molar-refractivity contribution in [3.05, 3.63) is 28.5 Å². The van der Waals surface area contributed by atoms with Gasteiger partial charge in [0, 0.05) is 10.9 Å². The highest BCUT2D eigenvalue weighted by Crippen LogP contribution is 2.31. The molecule has 1 atom stereocenters. The smallest absolute Gasteiger partial charge is 0.329 e. The summed E-state index contributed by atoms with van der Waals surface area (Å²) in [6, 6.07) is 3.65. The predicted octanol–water partition coefficient (Wildman–Crippen LogP) is 2.65. The first-order valence-electron chi connectivity index (χ1n) is 5.98. The average molecular weight is 330 g/mol. The second-order valence-electron chi connectivity index (χ2n) is 4.17. The van der Waals surface area contributed by atoms with Crippen LogP contribution in [0.5, 0.6) is 0 Å². The zero-order chi connectivity index (χ0) is 14.0. The molecule has 102 valence electrons. The summed E-state index contributed by atoms with van der Waals surface area (Å²) in [5, 5.41) is 0. The maximum absolute atomic E-state index is 13.9. The van der Waals surface area contributed by atoms with Crippen LogP contribution in [-0.2, 0) is 14.3 Å². The average Bonchev–Trinajstić information content (AvgIpc) is 2.72. The van der Waals surface area contributed by atoms with Crippen LogP contribution in [0.3, 0.4) is 0 Å². The minimum Gasteiger partial charge on any atom is -0.464 e. The molecule has 2 rings (SSSR count). The van der Waals surface area contributed by atoms with E-state index in [0.29, 0.717) is 10.9 Å². The molecule has 19 heavy (non-hydrogen) atoms. The lowest BCUT2D eigenvalue weighted by molar-refractivity contribution is -0.144. The Hall–Kier alpha value is -1.43. The molecule has 4 nitrogen and oxygen atoms in total. The zero-order valence-corrected chi connectivity index (χ0v) is 11.9. The molecule has 0 unspecified atom stereocenters. The third-order valence-electron chi connectivity index (χ3n) is 2.94. The molecular formula is C13H13BrFNO3. The van der Waals surface area contributed by atoms with Crippen molar-refractivity contribution in [1.82, 2.24) is 0 Å². The lowest BCUT2D eigenvalue weighted by Crippen LogP contribution is -2.40. The van der Waals surface area contributed by atoms with Gasteiger partial charge in [0.15, 0.2) is 0 Å². The van der Waals surface area contributed by atoms with E-state index < -0.39 is 17.8 Å². The summed E-state index contributed by atoms with van der Waals surface area (Å²) in [6.07, 6.45) is 0.576. The van der Waals surface area contributed by atoms with E-state index in [2.05, 4.69) is 15.9 Å². The van der Waals surface area contributed by atoms with Crippen LogP contribution in [0.1, 0.15) is 19.8 Å². The number of benzene rings is 1. The van der Waals surface area contributed by atoms with Crippen LogP contribution in [0.25, 0.3) is 0 Å². The summed E-state index contributed by atoms with van der Waals surface area (Å²) in [7, 11) is 0. The van der Waals surface area contributed by atoms with Crippen LogP contribution < -0.4 is 4.90 Å². The van der Waals surface area contributed by atoms with Gasteiger partial charge in [-0.3, -0.25) is 9.69 Å². The topological polar surface area (TPSA) is 46.6 Å². The van der Waals surface area contributed by atoms with Crippen molar-refractivity contribution < 1.29 is 18.7 Å². The Balaban J connectivity index is 2.34. The van der Waals surface area contributed by atoms with Gasteiger partial charge in [-0.25, -0.2) is 9.18 Å². The molecule has 1 aliphatic rings. The van der Waals surface area contributed by atoms with Crippen molar-refractivity contribution >= 4 is 33.5 Å². The van der Waals surface area contributed by atoms with E-state index in [0.717, 1.165) is 0 Å². The van der Waals surface area contributed by atoms with E-state index in [1.54, 1.807) is 13.0 Å². The molecule has 0 saturated carbocycles. The number of ether oxygens (including phenoxy) is 1. The number of hydrogen-bond acceptors (Lipinski definition) is 3. The minimum absolute atomic E-state index is 0.115. The number of hydrogen-bond donors (Lipinski definition) is 0. The van der Waals surface area contributed by atoms with Gasteiger partial charge in [-0.15, -0.1) is 0 Å². The largest absolute Gasteiger partial charge is 0.464 e. The van der Waals surface area contributed by atoms with Crippen molar-refractivity contribution in [2.75, 3.05) is 11.5 Å². The molecule has 1 aliphatic heterocycles. The molecule has 0 aliphatic carbocycles. The van der Waals surface area contributed by atoms with Crippen molar-refractivity contribution in [3.63, 3.8) is 0 Å². The fourth-order valence-corrected chi connectivity index (χ4v) is 2.46. The van der Waals surface area contributed by atoms with Crippen LogP contribution in [0.4, 0.5) is 10.1 Å². The maximum atomic E-state index is 13.9. The van der Waals surface area contributed by atoms with Crippen molar-refractivity contribution in [1.29, 1.82) is 0 Å². The quantitative estimate of drug-likeness (QED) is 0.801. The summed E-state index contributed by atoms with van der Waals surface area (Å²) in [5.74, 6) is -1.30. The highest BCUT2D eigenvalue weighted by atomic mass is 79.9. The van der Waals surface area contributed by atoms with Crippen molar-refractivity contribution in [2.45, 2.75) is 25.8 Å². The fourth-order valence-electron chi connectivity index (χ4n) is 2.12. The number of rotatable bonds is 3. The first kappa shape index (κ1) is 14.0. The van der Waals surface area contributed by atoms with Gasteiger partial charge in [0.2, 0.25) is 5.91 Å². The number of halogens is 2. The van der Waals surface area contributed by atoms with Gasteiger partial charge >= 0.3 is 5.97 Å². The second-order valence-corrected chi connectivity index (χ2v) is 5.08. The van der Waals surface area contributed by atoms with Gasteiger partial charge in [0.25, 0.3) is 0 Å². The minimum atomic E-state index is -0.733. The second kappa shape index (κ2) is 5.69. The summed E-state index contributed by atoms with van der Waals surface area (Å²) in [4.78, 5) is 24.9. The SMILES string of the molecule is CCOC(=O)[C@@H]1CCC(=O)N1c1ccc(Br)cc1F. The highest BCUT2D eigenvalue weighted by molar-refractivity contribution is 9.10. The number of amides is 1. The normalized spacial score (nSPS) is 18.8. The molecule has 1 aromatic rings. The molecule has 0 N–H and O–H groups in total. The first-order valence-corrected chi connectivity index (χ1v) is 6.77. The summed E-state index contributed by atoms with van der Waals surface area (Å²) in [6.45, 7) is 1.93. The fraction of sp³-hybridized carbons (Fsp3) is 0.385. The molecule has 6 heteroatoms. The standard InChI is InChI=1S/C13H13BrFNO3/c1-2-19-13(18)11-5-6-12(17)16(11)10-4-3-8(14)7-9(10)15/h3-4,7,11H,2,5-6H2,1H3/t11-/m0/s1. The number of carbonyl (C=O) groups is 2. The van der Waals surface area contributed by atoms with E-state index in [9.17, 15) is 14.0 Å². The number of carbonyl (C=O) groups excluding carboxylic acids is 2. The molecule has 1 fully saturated rings. The maximum Gasteiger partial charge on any atom is 0.329 e. The van der Waals surface area contributed by atoms with Gasteiger partial charge < -0.3 is 4.74 Å². The first-order chi connectivity index (χ1) is 9.04. The Morgan fingerprint density at radius 3 is 2.95 bits per heavy atom. The molecule has 1 amide bonds. The molecule has 0 bridgehead atoms. The highest BCUT2D eigenvalue weighted by Gasteiger charge is 2.39. The lowest BCUT2D eigenvalue weighted by Gasteiger charge is -2.23. The van der Waals surface area contributed by atoms with E-state index in [1.165, 1.54) is 17.0 Å². The van der Waals surface area contributed by atoms with E-state index >= 15 is 0 Å². The van der Waals surface area contributed by atoms with E-state index in [4.69, 9.17) is 4.74 Å². The monoisotopic (exact) mass is 329 g/mol. The molecule has 1 saturated heterocycles. The Bertz CT molecular complexity index is 521. The third kappa shape index (κ3) is 2.78. The zero-order valence-electron chi connectivity index (χ0n) is 10.4. The van der Waals surface area contributed by atoms with Crippen LogP contribution in [-0.4, -0.2) is 24.5 Å². The van der Waals surface area contributed by atoms with Gasteiger partial charge in [-0.1, -0.05) is 15.9 Å². The van der Waals surface area contributed by atoms with E-state index in [1.807, 2.05) is 0 Å². The molecule has 0 spiro atoms. The number of esters is 1. The predicted molar refractivity (Wildman–Crippen MR) is 71.2 cm³/mol. The Morgan fingerprint density at radius 1 is 1.58 bits per heavy atom. The summed E-state index contributed by atoms with van der Waals surface area (Å²) in [5.41, 5.74) is 0.115. The lowest BCUT2D eigenvalue weighted by atomic mass is 10.2. The number of anilines is 1. The van der Waals surface area contributed by atoms with Gasteiger partial charge in [-0.05, 0) is 31.5 Å². The van der Waals surface area contributed by atoms with Crippen molar-refractivity contribution in [3.8, 4) is 0 Å². The van der Waals surface area contributed by atoms with Crippen LogP contribution >= 0.6 is 15.9 Å². The van der Waals surface area contributed by atoms with Gasteiger partial charge in [-0.2, -0.15) is 0 Å². The molecule has 1 aromatic carbocycles. The van der Waals surface area contributed by atoms with Crippen molar-refractivity contribution in [2.24, 2.45) is 0 Å². The Kier molecular flexibility index (Phi) is 4.19.